The fourth-order valence-electron chi connectivity index (χ4n) is 4.00. The zero-order valence-corrected chi connectivity index (χ0v) is 17.6. The van der Waals surface area contributed by atoms with Gasteiger partial charge in [-0.2, -0.15) is 0 Å². The lowest BCUT2D eigenvalue weighted by molar-refractivity contribution is -0.170. The number of benzene rings is 2. The van der Waals surface area contributed by atoms with Crippen LogP contribution >= 0.6 is 11.8 Å². The molecule has 0 saturated carbocycles. The third-order valence-corrected chi connectivity index (χ3v) is 6.72. The van der Waals surface area contributed by atoms with Gasteiger partial charge in [-0.05, 0) is 36.8 Å². The first-order chi connectivity index (χ1) is 14.7. The molecule has 0 aromatic heterocycles. The molecule has 1 saturated heterocycles. The maximum atomic E-state index is 14.9. The molecule has 1 amide bonds. The summed E-state index contributed by atoms with van der Waals surface area (Å²) >= 11 is 1.25. The number of carbonyl (C=O) groups is 1. The van der Waals surface area contributed by atoms with Crippen LogP contribution in [0, 0.1) is 11.7 Å². The summed E-state index contributed by atoms with van der Waals surface area (Å²) in [6.07, 6.45) is -1.28. The fraction of sp³-hybridized carbons (Fsp3) is 0.364. The molecule has 0 radical (unpaired) electrons. The molecule has 5 nitrogen and oxygen atoms in total. The second-order valence-electron chi connectivity index (χ2n) is 7.90. The van der Waals surface area contributed by atoms with Crippen molar-refractivity contribution in [2.75, 3.05) is 18.1 Å². The van der Waals surface area contributed by atoms with Crippen molar-refractivity contribution in [1.29, 1.82) is 0 Å². The third kappa shape index (κ3) is 4.29. The van der Waals surface area contributed by atoms with Crippen molar-refractivity contribution in [1.82, 2.24) is 5.32 Å². The van der Waals surface area contributed by atoms with Gasteiger partial charge in [0.15, 0.2) is 5.17 Å². The Morgan fingerprint density at radius 3 is 2.74 bits per heavy atom. The van der Waals surface area contributed by atoms with Gasteiger partial charge in [0.2, 0.25) is 0 Å². The number of amidine groups is 1. The number of thioether (sulfide) groups is 1. The van der Waals surface area contributed by atoms with Crippen LogP contribution in [0.2, 0.25) is 0 Å². The number of nitrogens with two attached hydrogens (primary N) is 1. The van der Waals surface area contributed by atoms with E-state index in [1.807, 2.05) is 0 Å². The summed E-state index contributed by atoms with van der Waals surface area (Å²) in [6.45, 7) is 0.577. The summed E-state index contributed by atoms with van der Waals surface area (Å²) in [4.78, 5) is 17.3. The number of nitrogens with one attached hydrogen (secondary N) is 1. The van der Waals surface area contributed by atoms with Crippen molar-refractivity contribution < 1.29 is 22.7 Å². The van der Waals surface area contributed by atoms with Crippen molar-refractivity contribution in [3.05, 3.63) is 65.5 Å². The summed E-state index contributed by atoms with van der Waals surface area (Å²) in [5.74, 6) is -3.98. The zero-order chi connectivity index (χ0) is 22.2. The number of alkyl halides is 2. The van der Waals surface area contributed by atoms with Gasteiger partial charge in [-0.25, -0.2) is 18.2 Å². The molecular formula is C22H22F3N3O2S. The molecule has 3 N–H and O–H groups in total. The largest absolute Gasteiger partial charge is 0.399 e. The summed E-state index contributed by atoms with van der Waals surface area (Å²) in [7, 11) is 0. The van der Waals surface area contributed by atoms with Gasteiger partial charge < -0.3 is 15.8 Å². The molecule has 4 rings (SSSR count). The molecule has 2 heterocycles. The predicted octanol–water partition coefficient (Wildman–Crippen LogP) is 4.20. The Morgan fingerprint density at radius 2 is 2.03 bits per heavy atom. The summed E-state index contributed by atoms with van der Waals surface area (Å²) in [5, 5.41) is 3.04. The van der Waals surface area contributed by atoms with Crippen molar-refractivity contribution in [3.8, 4) is 0 Å². The highest BCUT2D eigenvalue weighted by molar-refractivity contribution is 8.13. The van der Waals surface area contributed by atoms with E-state index in [9.17, 15) is 18.0 Å². The average molecular weight is 449 g/mol. The summed E-state index contributed by atoms with van der Waals surface area (Å²) < 4.78 is 48.3. The number of fused-ring (bicyclic) bond motifs is 1. The van der Waals surface area contributed by atoms with E-state index in [1.165, 1.54) is 30.0 Å². The fourth-order valence-corrected chi connectivity index (χ4v) is 5.16. The molecule has 2 aromatic carbocycles. The van der Waals surface area contributed by atoms with Gasteiger partial charge in [-0.15, -0.1) is 0 Å². The van der Waals surface area contributed by atoms with Gasteiger partial charge in [0.1, 0.15) is 17.5 Å². The van der Waals surface area contributed by atoms with Crippen molar-refractivity contribution in [2.24, 2.45) is 10.9 Å². The number of nitrogen functional groups attached to an aromatic ring is 1. The van der Waals surface area contributed by atoms with E-state index in [1.54, 1.807) is 30.3 Å². The number of halogens is 3. The van der Waals surface area contributed by atoms with Gasteiger partial charge >= 0.3 is 0 Å². The monoisotopic (exact) mass is 449 g/mol. The van der Waals surface area contributed by atoms with Crippen LogP contribution in [0.1, 0.15) is 29.3 Å². The van der Waals surface area contributed by atoms with Crippen LogP contribution in [0.15, 0.2) is 53.5 Å². The topological polar surface area (TPSA) is 76.7 Å². The number of aliphatic imine (C=N–C) groups is 1. The summed E-state index contributed by atoms with van der Waals surface area (Å²) in [5.41, 5.74) is 5.59. The molecule has 0 bridgehead atoms. The number of ether oxygens (including phenoxy) is 1. The standard InChI is InChI=1S/C22H22F3N3O2S/c1-21(24,25)18-9-14-11-31-20(27-19(29)13-5-3-2-4-6-13)28-22(14,12-30-18)16-10-15(26)7-8-17(16)23/h2-8,10,14,18H,9,11-12,26H2,1H3,(H,27,28,29)/t14-,18+,22-/m0/s1. The lowest BCUT2D eigenvalue weighted by Crippen LogP contribution is -2.54. The van der Waals surface area contributed by atoms with Gasteiger partial charge in [0.05, 0.1) is 6.61 Å². The van der Waals surface area contributed by atoms with E-state index >= 15 is 0 Å². The van der Waals surface area contributed by atoms with E-state index in [-0.39, 0.29) is 29.7 Å². The SMILES string of the molecule is CC(F)(F)[C@H]1C[C@H]2CSC(NC(=O)c3ccccc3)=N[C@@]2(c2cc(N)ccc2F)CO1. The second-order valence-corrected chi connectivity index (χ2v) is 8.91. The van der Waals surface area contributed by atoms with E-state index < -0.39 is 29.3 Å². The Labute approximate surface area is 182 Å². The number of anilines is 1. The zero-order valence-electron chi connectivity index (χ0n) is 16.8. The molecule has 3 atom stereocenters. The lowest BCUT2D eigenvalue weighted by Gasteiger charge is -2.47. The molecule has 9 heteroatoms. The minimum atomic E-state index is -3.03. The number of rotatable bonds is 3. The van der Waals surface area contributed by atoms with Crippen LogP contribution in [-0.4, -0.2) is 35.5 Å². The summed E-state index contributed by atoms with van der Waals surface area (Å²) in [6, 6.07) is 12.7. The maximum absolute atomic E-state index is 14.9. The Hall–Kier alpha value is -2.52. The minimum Gasteiger partial charge on any atom is -0.399 e. The smallest absolute Gasteiger partial charge is 0.271 e. The molecule has 1 fully saturated rings. The molecule has 31 heavy (non-hydrogen) atoms. The van der Waals surface area contributed by atoms with E-state index in [2.05, 4.69) is 10.3 Å². The van der Waals surface area contributed by atoms with Gasteiger partial charge in [0.25, 0.3) is 11.8 Å². The van der Waals surface area contributed by atoms with Crippen LogP contribution in [0.4, 0.5) is 18.9 Å². The highest BCUT2D eigenvalue weighted by Crippen LogP contribution is 2.49. The normalized spacial score (nSPS) is 26.0. The van der Waals surface area contributed by atoms with Gasteiger partial charge in [-0.1, -0.05) is 30.0 Å². The first kappa shape index (κ1) is 21.7. The van der Waals surface area contributed by atoms with Crippen molar-refractivity contribution in [3.63, 3.8) is 0 Å². The Kier molecular flexibility index (Phi) is 5.74. The van der Waals surface area contributed by atoms with Gasteiger partial charge in [0, 0.05) is 35.4 Å². The molecule has 2 aromatic rings. The van der Waals surface area contributed by atoms with E-state index in [4.69, 9.17) is 10.5 Å². The van der Waals surface area contributed by atoms with Crippen molar-refractivity contribution in [2.45, 2.75) is 30.9 Å². The number of hydrogen-bond donors (Lipinski definition) is 2. The van der Waals surface area contributed by atoms with E-state index in [0.717, 1.165) is 6.92 Å². The first-order valence-electron chi connectivity index (χ1n) is 9.83. The number of carbonyl (C=O) groups excluding carboxylic acids is 1. The molecule has 164 valence electrons. The highest BCUT2D eigenvalue weighted by atomic mass is 32.2. The van der Waals surface area contributed by atoms with Crippen LogP contribution < -0.4 is 11.1 Å². The number of amides is 1. The maximum Gasteiger partial charge on any atom is 0.271 e. The average Bonchev–Trinajstić information content (AvgIpc) is 2.74. The molecule has 0 spiro atoms. The number of hydrogen-bond acceptors (Lipinski definition) is 5. The highest BCUT2D eigenvalue weighted by Gasteiger charge is 2.53. The van der Waals surface area contributed by atoms with Crippen LogP contribution in [0.3, 0.4) is 0 Å². The van der Waals surface area contributed by atoms with Crippen LogP contribution in [0.25, 0.3) is 0 Å². The van der Waals surface area contributed by atoms with Gasteiger partial charge in [-0.3, -0.25) is 4.79 Å². The first-order valence-corrected chi connectivity index (χ1v) is 10.8. The predicted molar refractivity (Wildman–Crippen MR) is 115 cm³/mol. The molecule has 0 unspecified atom stereocenters. The number of nitrogens with zero attached hydrogens (tertiary/aromatic N) is 1. The Balaban J connectivity index is 1.72. The quantitative estimate of drug-likeness (QED) is 0.689. The third-order valence-electron chi connectivity index (χ3n) is 5.68. The van der Waals surface area contributed by atoms with Crippen LogP contribution in [0.5, 0.6) is 0 Å². The van der Waals surface area contributed by atoms with Crippen LogP contribution in [-0.2, 0) is 10.3 Å². The Morgan fingerprint density at radius 1 is 1.29 bits per heavy atom. The molecule has 2 aliphatic heterocycles. The molecule has 0 aliphatic carbocycles. The minimum absolute atomic E-state index is 0.00809. The van der Waals surface area contributed by atoms with Crippen molar-refractivity contribution >= 4 is 28.5 Å². The Bertz CT molecular complexity index is 1010. The second kappa shape index (κ2) is 8.20. The van der Waals surface area contributed by atoms with E-state index in [0.29, 0.717) is 17.0 Å². The molecule has 2 aliphatic rings. The lowest BCUT2D eigenvalue weighted by atomic mass is 9.74. The molecular weight excluding hydrogens is 427 g/mol.